The van der Waals surface area contributed by atoms with E-state index in [4.69, 9.17) is 11.6 Å². The predicted octanol–water partition coefficient (Wildman–Crippen LogP) is 3.22. The Morgan fingerprint density at radius 2 is 2.15 bits per heavy atom. The third-order valence-corrected chi connectivity index (χ3v) is 1.65. The molecule has 13 heavy (non-hydrogen) atoms. The molecule has 0 fully saturated rings. The van der Waals surface area contributed by atoms with Crippen molar-refractivity contribution in [3.63, 3.8) is 0 Å². The maximum absolute atomic E-state index is 13.0. The Labute approximate surface area is 80.0 Å². The first-order valence-electron chi connectivity index (χ1n) is 3.64. The number of anilines is 1. The second kappa shape index (κ2) is 4.23. The minimum absolute atomic E-state index is 0.0462. The van der Waals surface area contributed by atoms with Crippen molar-refractivity contribution in [1.82, 2.24) is 0 Å². The van der Waals surface area contributed by atoms with Crippen molar-refractivity contribution < 1.29 is 8.78 Å². The van der Waals surface area contributed by atoms with E-state index in [1.54, 1.807) is 0 Å². The van der Waals surface area contributed by atoms with Crippen LogP contribution in [0.5, 0.6) is 0 Å². The number of halogens is 3. The monoisotopic (exact) mass is 203 g/mol. The van der Waals surface area contributed by atoms with Gasteiger partial charge < -0.3 is 5.32 Å². The van der Waals surface area contributed by atoms with Gasteiger partial charge in [-0.2, -0.15) is 0 Å². The van der Waals surface area contributed by atoms with Gasteiger partial charge in [-0.15, -0.1) is 6.58 Å². The average Bonchev–Trinajstić information content (AvgIpc) is 2.09. The summed E-state index contributed by atoms with van der Waals surface area (Å²) in [5, 5.41) is 2.78. The summed E-state index contributed by atoms with van der Waals surface area (Å²) >= 11 is 5.53. The molecule has 1 aromatic carbocycles. The molecular weight excluding hydrogens is 196 g/mol. The Bertz CT molecular complexity index is 326. The molecule has 0 unspecified atom stereocenters. The van der Waals surface area contributed by atoms with Crippen LogP contribution in [-0.4, -0.2) is 6.54 Å². The molecule has 0 saturated heterocycles. The lowest BCUT2D eigenvalue weighted by Crippen LogP contribution is -2.01. The maximum atomic E-state index is 13.0. The molecule has 0 bridgehead atoms. The molecule has 0 saturated carbocycles. The van der Waals surface area contributed by atoms with E-state index in [-0.39, 0.29) is 10.7 Å². The fourth-order valence-electron chi connectivity index (χ4n) is 0.867. The summed E-state index contributed by atoms with van der Waals surface area (Å²) in [6.07, 6.45) is 1.54. The molecule has 0 spiro atoms. The molecule has 4 heteroatoms. The van der Waals surface area contributed by atoms with Gasteiger partial charge in [0.25, 0.3) is 0 Å². The molecule has 1 aromatic rings. The lowest BCUT2D eigenvalue weighted by atomic mass is 10.3. The number of nitrogens with one attached hydrogen (secondary N) is 1. The molecule has 0 aliphatic heterocycles. The van der Waals surface area contributed by atoms with E-state index in [2.05, 4.69) is 11.9 Å². The van der Waals surface area contributed by atoms with Gasteiger partial charge in [-0.3, -0.25) is 0 Å². The van der Waals surface area contributed by atoms with Crippen molar-refractivity contribution in [2.24, 2.45) is 0 Å². The van der Waals surface area contributed by atoms with E-state index in [0.29, 0.717) is 6.54 Å². The topological polar surface area (TPSA) is 12.0 Å². The minimum atomic E-state index is -0.959. The fourth-order valence-corrected chi connectivity index (χ4v) is 1.07. The molecule has 0 aliphatic rings. The Morgan fingerprint density at radius 3 is 2.77 bits per heavy atom. The normalized spacial score (nSPS) is 9.77. The summed E-state index contributed by atoms with van der Waals surface area (Å²) in [6.45, 7) is 3.80. The van der Waals surface area contributed by atoms with E-state index in [0.717, 1.165) is 6.07 Å². The van der Waals surface area contributed by atoms with E-state index in [1.165, 1.54) is 12.1 Å². The number of benzene rings is 1. The zero-order chi connectivity index (χ0) is 9.84. The molecule has 0 amide bonds. The standard InChI is InChI=1S/C9H8ClF2N/c1-2-3-13-8-5-6(10)4-7(11)9(8)12/h2,4-5,13H,1,3H2. The van der Waals surface area contributed by atoms with Gasteiger partial charge in [-0.05, 0) is 12.1 Å². The second-order valence-corrected chi connectivity index (χ2v) is 2.86. The highest BCUT2D eigenvalue weighted by Gasteiger charge is 2.08. The van der Waals surface area contributed by atoms with Gasteiger partial charge in [-0.1, -0.05) is 17.7 Å². The van der Waals surface area contributed by atoms with Crippen molar-refractivity contribution in [3.8, 4) is 0 Å². The zero-order valence-electron chi connectivity index (χ0n) is 6.78. The quantitative estimate of drug-likeness (QED) is 0.588. The maximum Gasteiger partial charge on any atom is 0.181 e. The van der Waals surface area contributed by atoms with E-state index in [1.807, 2.05) is 0 Å². The van der Waals surface area contributed by atoms with Gasteiger partial charge in [0.2, 0.25) is 0 Å². The van der Waals surface area contributed by atoms with Crippen molar-refractivity contribution in [2.45, 2.75) is 0 Å². The third kappa shape index (κ3) is 2.42. The van der Waals surface area contributed by atoms with Gasteiger partial charge >= 0.3 is 0 Å². The summed E-state index contributed by atoms with van der Waals surface area (Å²) < 4.78 is 25.7. The van der Waals surface area contributed by atoms with Crippen molar-refractivity contribution in [3.05, 3.63) is 41.4 Å². The Hall–Kier alpha value is -1.09. The van der Waals surface area contributed by atoms with Gasteiger partial charge in [-0.25, -0.2) is 8.78 Å². The van der Waals surface area contributed by atoms with Crippen molar-refractivity contribution in [1.29, 1.82) is 0 Å². The minimum Gasteiger partial charge on any atom is -0.379 e. The van der Waals surface area contributed by atoms with E-state index < -0.39 is 11.6 Å². The number of rotatable bonds is 3. The van der Waals surface area contributed by atoms with Gasteiger partial charge in [0.05, 0.1) is 5.69 Å². The summed E-state index contributed by atoms with van der Waals surface area (Å²) in [5.74, 6) is -1.88. The first kappa shape index (κ1) is 9.99. The molecule has 1 rings (SSSR count). The van der Waals surface area contributed by atoms with Crippen LogP contribution in [0.15, 0.2) is 24.8 Å². The van der Waals surface area contributed by atoms with Crippen LogP contribution in [0.25, 0.3) is 0 Å². The first-order valence-corrected chi connectivity index (χ1v) is 4.02. The molecule has 0 heterocycles. The molecule has 0 aromatic heterocycles. The van der Waals surface area contributed by atoms with Crippen LogP contribution in [0, 0.1) is 11.6 Å². The number of hydrogen-bond donors (Lipinski definition) is 1. The lowest BCUT2D eigenvalue weighted by Gasteiger charge is -2.05. The second-order valence-electron chi connectivity index (χ2n) is 2.42. The Balaban J connectivity index is 2.98. The smallest absolute Gasteiger partial charge is 0.181 e. The van der Waals surface area contributed by atoms with Crippen molar-refractivity contribution >= 4 is 17.3 Å². The van der Waals surface area contributed by atoms with Crippen LogP contribution in [0.1, 0.15) is 0 Å². The van der Waals surface area contributed by atoms with Gasteiger partial charge in [0.15, 0.2) is 11.6 Å². The van der Waals surface area contributed by atoms with Crippen LogP contribution in [0.3, 0.4) is 0 Å². The first-order chi connectivity index (χ1) is 6.15. The molecule has 0 radical (unpaired) electrons. The summed E-state index contributed by atoms with van der Waals surface area (Å²) in [4.78, 5) is 0. The van der Waals surface area contributed by atoms with E-state index in [9.17, 15) is 8.78 Å². The highest BCUT2D eigenvalue weighted by molar-refractivity contribution is 6.30. The molecule has 0 atom stereocenters. The predicted molar refractivity (Wildman–Crippen MR) is 50.1 cm³/mol. The van der Waals surface area contributed by atoms with Gasteiger partial charge in [0, 0.05) is 11.6 Å². The van der Waals surface area contributed by atoms with Crippen molar-refractivity contribution in [2.75, 3.05) is 11.9 Å². The molecule has 1 nitrogen and oxygen atoms in total. The molecule has 70 valence electrons. The van der Waals surface area contributed by atoms with E-state index >= 15 is 0 Å². The molecular formula is C9H8ClF2N. The third-order valence-electron chi connectivity index (χ3n) is 1.43. The zero-order valence-corrected chi connectivity index (χ0v) is 7.54. The van der Waals surface area contributed by atoms with Crippen LogP contribution in [-0.2, 0) is 0 Å². The fraction of sp³-hybridized carbons (Fsp3) is 0.111. The Kier molecular flexibility index (Phi) is 3.25. The van der Waals surface area contributed by atoms with Gasteiger partial charge in [0.1, 0.15) is 0 Å². The largest absolute Gasteiger partial charge is 0.379 e. The highest BCUT2D eigenvalue weighted by atomic mass is 35.5. The molecule has 1 N–H and O–H groups in total. The van der Waals surface area contributed by atoms with Crippen LogP contribution in [0.4, 0.5) is 14.5 Å². The highest BCUT2D eigenvalue weighted by Crippen LogP contribution is 2.22. The average molecular weight is 204 g/mol. The Morgan fingerprint density at radius 1 is 1.46 bits per heavy atom. The lowest BCUT2D eigenvalue weighted by molar-refractivity contribution is 0.511. The van der Waals surface area contributed by atoms with Crippen LogP contribution in [0.2, 0.25) is 5.02 Å². The number of hydrogen-bond acceptors (Lipinski definition) is 1. The van der Waals surface area contributed by atoms with Crippen LogP contribution >= 0.6 is 11.6 Å². The molecule has 0 aliphatic carbocycles. The summed E-state index contributed by atoms with van der Waals surface area (Å²) in [5.41, 5.74) is 0.0462. The summed E-state index contributed by atoms with van der Waals surface area (Å²) in [7, 11) is 0. The van der Waals surface area contributed by atoms with Crippen LogP contribution < -0.4 is 5.32 Å². The summed E-state index contributed by atoms with van der Waals surface area (Å²) in [6, 6.07) is 2.25. The SMILES string of the molecule is C=CCNc1cc(Cl)cc(F)c1F.